The molecular formula is C21H33NO3. The molecule has 0 aromatic heterocycles. The summed E-state index contributed by atoms with van der Waals surface area (Å²) in [5.41, 5.74) is 1.02. The molecule has 0 saturated carbocycles. The number of rotatable bonds is 9. The lowest BCUT2D eigenvalue weighted by Gasteiger charge is -2.30. The van der Waals surface area contributed by atoms with E-state index in [1.807, 2.05) is 42.2 Å². The Hall–Kier alpha value is -1.55. The largest absolute Gasteiger partial charge is 0.445 e. The Labute approximate surface area is 152 Å². The van der Waals surface area contributed by atoms with Crippen LogP contribution in [0.15, 0.2) is 30.3 Å². The Morgan fingerprint density at radius 1 is 1.20 bits per heavy atom. The minimum atomic E-state index is -0.268. The van der Waals surface area contributed by atoms with Crippen molar-refractivity contribution in [3.8, 4) is 0 Å². The van der Waals surface area contributed by atoms with E-state index < -0.39 is 0 Å². The van der Waals surface area contributed by atoms with Crippen molar-refractivity contribution in [1.29, 1.82) is 0 Å². The number of carbonyl (C=O) groups is 1. The average Bonchev–Trinajstić information content (AvgIpc) is 3.01. The lowest BCUT2D eigenvalue weighted by atomic mass is 10.1. The molecule has 1 unspecified atom stereocenters. The van der Waals surface area contributed by atoms with E-state index in [0.29, 0.717) is 12.6 Å². The van der Waals surface area contributed by atoms with Gasteiger partial charge in [0.1, 0.15) is 6.61 Å². The summed E-state index contributed by atoms with van der Waals surface area (Å²) in [6.07, 6.45) is 7.73. The van der Waals surface area contributed by atoms with Gasteiger partial charge in [-0.3, -0.25) is 0 Å². The topological polar surface area (TPSA) is 49.8 Å². The highest BCUT2D eigenvalue weighted by atomic mass is 16.6. The summed E-state index contributed by atoms with van der Waals surface area (Å²) in [6.45, 7) is 4.34. The molecule has 1 aromatic carbocycles. The number of aliphatic hydroxyl groups is 1. The van der Waals surface area contributed by atoms with E-state index in [4.69, 9.17) is 4.74 Å². The van der Waals surface area contributed by atoms with Crippen molar-refractivity contribution in [2.45, 2.75) is 90.0 Å². The molecule has 1 amide bonds. The summed E-state index contributed by atoms with van der Waals surface area (Å²) in [5.74, 6) is 0. The predicted molar refractivity (Wildman–Crippen MR) is 100 cm³/mol. The Morgan fingerprint density at radius 2 is 1.84 bits per heavy atom. The van der Waals surface area contributed by atoms with Gasteiger partial charge in [-0.1, -0.05) is 50.1 Å². The third-order valence-electron chi connectivity index (χ3n) is 5.09. The van der Waals surface area contributed by atoms with Crippen molar-refractivity contribution in [3.05, 3.63) is 35.9 Å². The first-order valence-electron chi connectivity index (χ1n) is 9.79. The van der Waals surface area contributed by atoms with Gasteiger partial charge in [0.05, 0.1) is 6.10 Å². The van der Waals surface area contributed by atoms with E-state index in [0.717, 1.165) is 56.9 Å². The number of hydrogen-bond donors (Lipinski definition) is 1. The van der Waals surface area contributed by atoms with Gasteiger partial charge in [-0.25, -0.2) is 4.79 Å². The van der Waals surface area contributed by atoms with Gasteiger partial charge in [0.2, 0.25) is 0 Å². The lowest BCUT2D eigenvalue weighted by molar-refractivity contribution is 0.0736. The molecular weight excluding hydrogens is 314 g/mol. The molecule has 4 nitrogen and oxygen atoms in total. The van der Waals surface area contributed by atoms with E-state index in [2.05, 4.69) is 6.92 Å². The highest BCUT2D eigenvalue weighted by Crippen LogP contribution is 2.31. The molecule has 140 valence electrons. The molecule has 0 bridgehead atoms. The molecule has 1 N–H and O–H groups in total. The molecule has 25 heavy (non-hydrogen) atoms. The van der Waals surface area contributed by atoms with Gasteiger partial charge in [0, 0.05) is 12.1 Å². The summed E-state index contributed by atoms with van der Waals surface area (Å²) in [7, 11) is 0. The maximum absolute atomic E-state index is 12.8. The summed E-state index contributed by atoms with van der Waals surface area (Å²) < 4.78 is 5.62. The normalized spacial score (nSPS) is 21.3. The molecule has 2 rings (SSSR count). The monoisotopic (exact) mass is 347 g/mol. The van der Waals surface area contributed by atoms with Crippen LogP contribution in [0.25, 0.3) is 0 Å². The van der Waals surface area contributed by atoms with Crippen molar-refractivity contribution >= 4 is 6.09 Å². The van der Waals surface area contributed by atoms with Crippen LogP contribution >= 0.6 is 0 Å². The number of unbranched alkanes of at least 4 members (excludes halogenated alkanes) is 1. The van der Waals surface area contributed by atoms with Gasteiger partial charge in [-0.05, 0) is 51.0 Å². The van der Waals surface area contributed by atoms with Crippen LogP contribution in [0.3, 0.4) is 0 Å². The van der Waals surface area contributed by atoms with Gasteiger partial charge in [0.25, 0.3) is 0 Å². The van der Waals surface area contributed by atoms with Crippen LogP contribution in [0.4, 0.5) is 4.79 Å². The molecule has 1 aromatic rings. The van der Waals surface area contributed by atoms with Crippen LogP contribution in [0.2, 0.25) is 0 Å². The second-order valence-electron chi connectivity index (χ2n) is 7.25. The van der Waals surface area contributed by atoms with E-state index in [1.165, 1.54) is 0 Å². The molecule has 1 heterocycles. The van der Waals surface area contributed by atoms with Gasteiger partial charge in [0.15, 0.2) is 0 Å². The number of ether oxygens (including phenoxy) is 1. The minimum Gasteiger partial charge on any atom is -0.445 e. The van der Waals surface area contributed by atoms with E-state index >= 15 is 0 Å². The molecule has 1 aliphatic rings. The van der Waals surface area contributed by atoms with Gasteiger partial charge in [-0.15, -0.1) is 0 Å². The van der Waals surface area contributed by atoms with Crippen molar-refractivity contribution < 1.29 is 14.6 Å². The first kappa shape index (κ1) is 19.8. The third-order valence-corrected chi connectivity index (χ3v) is 5.09. The van der Waals surface area contributed by atoms with Crippen molar-refractivity contribution in [2.24, 2.45) is 0 Å². The zero-order valence-electron chi connectivity index (χ0n) is 15.7. The molecule has 0 aliphatic carbocycles. The van der Waals surface area contributed by atoms with E-state index in [9.17, 15) is 9.90 Å². The molecule has 3 atom stereocenters. The average molecular weight is 347 g/mol. The fourth-order valence-electron chi connectivity index (χ4n) is 3.71. The Balaban J connectivity index is 1.93. The summed E-state index contributed by atoms with van der Waals surface area (Å²) in [5, 5.41) is 9.47. The Kier molecular flexibility index (Phi) is 8.26. The van der Waals surface area contributed by atoms with Gasteiger partial charge in [-0.2, -0.15) is 0 Å². The molecule has 0 radical (unpaired) electrons. The second-order valence-corrected chi connectivity index (χ2v) is 7.25. The van der Waals surface area contributed by atoms with Crippen LogP contribution in [-0.2, 0) is 11.3 Å². The number of amides is 1. The number of aliphatic hydroxyl groups excluding tert-OH is 1. The first-order chi connectivity index (χ1) is 12.1. The summed E-state index contributed by atoms with van der Waals surface area (Å²) in [6, 6.07) is 10.4. The van der Waals surface area contributed by atoms with Gasteiger partial charge < -0.3 is 14.7 Å². The lowest BCUT2D eigenvalue weighted by Crippen LogP contribution is -2.41. The Bertz CT molecular complexity index is 503. The third kappa shape index (κ3) is 6.35. The van der Waals surface area contributed by atoms with Crippen LogP contribution in [0.5, 0.6) is 0 Å². The maximum Gasteiger partial charge on any atom is 0.410 e. The fourth-order valence-corrected chi connectivity index (χ4v) is 3.71. The zero-order valence-corrected chi connectivity index (χ0v) is 15.7. The molecule has 1 fully saturated rings. The van der Waals surface area contributed by atoms with Crippen molar-refractivity contribution in [3.63, 3.8) is 0 Å². The van der Waals surface area contributed by atoms with Crippen LogP contribution in [0, 0.1) is 0 Å². The number of hydrogen-bond acceptors (Lipinski definition) is 3. The molecule has 1 saturated heterocycles. The van der Waals surface area contributed by atoms with E-state index in [1.54, 1.807) is 0 Å². The molecule has 1 aliphatic heterocycles. The minimum absolute atomic E-state index is 0.176. The maximum atomic E-state index is 12.8. The SMILES string of the molecule is CCCC[C@@H]1CC[C@H](CCCC(C)O)N1C(=O)OCc1ccccc1. The standard InChI is InChI=1S/C21H33NO3/c1-3-4-12-19-14-15-20(13-8-9-17(2)23)22(19)21(24)25-16-18-10-6-5-7-11-18/h5-7,10-11,17,19-20,23H,3-4,8-9,12-16H2,1-2H3/t17?,19-,20+/m1/s1. The predicted octanol–water partition coefficient (Wildman–Crippen LogP) is 4.90. The number of benzene rings is 1. The number of carbonyl (C=O) groups excluding carboxylic acids is 1. The first-order valence-corrected chi connectivity index (χ1v) is 9.79. The van der Waals surface area contributed by atoms with Crippen molar-refractivity contribution in [1.82, 2.24) is 4.90 Å². The summed E-state index contributed by atoms with van der Waals surface area (Å²) in [4.78, 5) is 14.8. The van der Waals surface area contributed by atoms with Crippen LogP contribution < -0.4 is 0 Å². The van der Waals surface area contributed by atoms with Crippen LogP contribution in [-0.4, -0.2) is 34.3 Å². The second kappa shape index (κ2) is 10.4. The van der Waals surface area contributed by atoms with Crippen LogP contribution in [0.1, 0.15) is 70.8 Å². The molecule has 0 spiro atoms. The fraction of sp³-hybridized carbons (Fsp3) is 0.667. The number of nitrogens with zero attached hydrogens (tertiary/aromatic N) is 1. The molecule has 4 heteroatoms. The zero-order chi connectivity index (χ0) is 18.1. The Morgan fingerprint density at radius 3 is 2.44 bits per heavy atom. The van der Waals surface area contributed by atoms with E-state index in [-0.39, 0.29) is 18.2 Å². The number of likely N-dealkylation sites (tertiary alicyclic amines) is 1. The highest BCUT2D eigenvalue weighted by molar-refractivity contribution is 5.69. The highest BCUT2D eigenvalue weighted by Gasteiger charge is 2.37. The summed E-state index contributed by atoms with van der Waals surface area (Å²) >= 11 is 0. The van der Waals surface area contributed by atoms with Crippen molar-refractivity contribution in [2.75, 3.05) is 0 Å². The van der Waals surface area contributed by atoms with Gasteiger partial charge >= 0.3 is 6.09 Å². The smallest absolute Gasteiger partial charge is 0.410 e. The quantitative estimate of drug-likeness (QED) is 0.691.